The molecule has 0 saturated carbocycles. The SMILES string of the molecule is c1ccc(-c2cc(-c3ccccc3)nc(-c3cccc4oc5ccc(-n6c7ccccc7c7cc8c(cc76)c6ccccc6n8-c6ccccc6)cc5c34)n2)cc1. The molecule has 5 heteroatoms. The van der Waals surface area contributed by atoms with Crippen molar-refractivity contribution < 1.29 is 4.42 Å². The molecule has 0 radical (unpaired) electrons. The summed E-state index contributed by atoms with van der Waals surface area (Å²) in [5.74, 6) is 0.656. The van der Waals surface area contributed by atoms with Crippen molar-refractivity contribution in [3.8, 4) is 45.3 Å². The monoisotopic (exact) mass is 728 g/mol. The molecule has 0 atom stereocenters. The summed E-state index contributed by atoms with van der Waals surface area (Å²) >= 11 is 0. The number of rotatable bonds is 5. The van der Waals surface area contributed by atoms with Crippen LogP contribution in [-0.2, 0) is 0 Å². The van der Waals surface area contributed by atoms with Gasteiger partial charge in [0.2, 0.25) is 0 Å². The normalized spacial score (nSPS) is 11.9. The third kappa shape index (κ3) is 4.89. The minimum atomic E-state index is 0.656. The van der Waals surface area contributed by atoms with E-state index in [2.05, 4.69) is 155 Å². The molecule has 0 bridgehead atoms. The van der Waals surface area contributed by atoms with Crippen molar-refractivity contribution in [2.75, 3.05) is 0 Å². The van der Waals surface area contributed by atoms with E-state index in [1.165, 1.54) is 32.6 Å². The summed E-state index contributed by atoms with van der Waals surface area (Å²) < 4.78 is 11.4. The third-order valence-corrected chi connectivity index (χ3v) is 11.3. The average Bonchev–Trinajstić information content (AvgIpc) is 3.93. The van der Waals surface area contributed by atoms with Gasteiger partial charge in [-0.1, -0.05) is 127 Å². The van der Waals surface area contributed by atoms with Crippen molar-refractivity contribution in [3.05, 3.63) is 194 Å². The summed E-state index contributed by atoms with van der Waals surface area (Å²) in [5, 5.41) is 6.86. The van der Waals surface area contributed by atoms with E-state index in [1.807, 2.05) is 48.5 Å². The maximum atomic E-state index is 6.57. The number of aromatic nitrogens is 4. The van der Waals surface area contributed by atoms with E-state index in [0.29, 0.717) is 5.82 Å². The Kier molecular flexibility index (Phi) is 6.86. The first kappa shape index (κ1) is 31.6. The van der Waals surface area contributed by atoms with Crippen LogP contribution in [0, 0.1) is 0 Å². The van der Waals surface area contributed by atoms with Crippen LogP contribution in [-0.4, -0.2) is 19.1 Å². The van der Waals surface area contributed by atoms with Crippen LogP contribution in [0.4, 0.5) is 0 Å². The highest BCUT2D eigenvalue weighted by Crippen LogP contribution is 2.42. The Morgan fingerprint density at radius 2 is 0.895 bits per heavy atom. The topological polar surface area (TPSA) is 48.8 Å². The molecule has 4 heterocycles. The van der Waals surface area contributed by atoms with Crippen molar-refractivity contribution in [3.63, 3.8) is 0 Å². The van der Waals surface area contributed by atoms with Gasteiger partial charge in [-0.05, 0) is 66.7 Å². The van der Waals surface area contributed by atoms with Crippen LogP contribution in [0.3, 0.4) is 0 Å². The van der Waals surface area contributed by atoms with Gasteiger partial charge in [-0.15, -0.1) is 0 Å². The minimum Gasteiger partial charge on any atom is -0.456 e. The van der Waals surface area contributed by atoms with E-state index in [4.69, 9.17) is 14.4 Å². The zero-order valence-corrected chi connectivity index (χ0v) is 30.7. The summed E-state index contributed by atoms with van der Waals surface area (Å²) in [5.41, 5.74) is 13.2. The van der Waals surface area contributed by atoms with Crippen molar-refractivity contribution in [1.29, 1.82) is 0 Å². The number of fused-ring (bicyclic) bond motifs is 9. The fourth-order valence-corrected chi connectivity index (χ4v) is 8.79. The second kappa shape index (κ2) is 12.4. The van der Waals surface area contributed by atoms with Gasteiger partial charge in [0, 0.05) is 60.4 Å². The Morgan fingerprint density at radius 1 is 0.351 bits per heavy atom. The molecule has 0 amide bonds. The summed E-state index contributed by atoms with van der Waals surface area (Å²) in [6.45, 7) is 0. The first-order valence-corrected chi connectivity index (χ1v) is 19.2. The van der Waals surface area contributed by atoms with E-state index < -0.39 is 0 Å². The highest BCUT2D eigenvalue weighted by molar-refractivity contribution is 6.19. The largest absolute Gasteiger partial charge is 0.456 e. The van der Waals surface area contributed by atoms with Crippen LogP contribution < -0.4 is 0 Å². The van der Waals surface area contributed by atoms with Gasteiger partial charge in [0.15, 0.2) is 5.82 Å². The molecule has 0 aliphatic carbocycles. The predicted octanol–water partition coefficient (Wildman–Crippen LogP) is 13.6. The maximum Gasteiger partial charge on any atom is 0.161 e. The van der Waals surface area contributed by atoms with Crippen LogP contribution in [0.2, 0.25) is 0 Å². The van der Waals surface area contributed by atoms with Crippen molar-refractivity contribution in [1.82, 2.24) is 19.1 Å². The van der Waals surface area contributed by atoms with Gasteiger partial charge < -0.3 is 13.6 Å². The van der Waals surface area contributed by atoms with Gasteiger partial charge in [-0.2, -0.15) is 0 Å². The number of furan rings is 1. The second-order valence-electron chi connectivity index (χ2n) is 14.6. The van der Waals surface area contributed by atoms with Crippen molar-refractivity contribution >= 4 is 65.6 Å². The second-order valence-corrected chi connectivity index (χ2v) is 14.6. The maximum absolute atomic E-state index is 6.57. The molecule has 12 rings (SSSR count). The first-order chi connectivity index (χ1) is 28.3. The third-order valence-electron chi connectivity index (χ3n) is 11.3. The molecule has 0 aliphatic rings. The molecular weight excluding hydrogens is 697 g/mol. The van der Waals surface area contributed by atoms with Gasteiger partial charge in [-0.3, -0.25) is 0 Å². The van der Waals surface area contributed by atoms with E-state index in [1.54, 1.807) is 0 Å². The van der Waals surface area contributed by atoms with Gasteiger partial charge in [-0.25, -0.2) is 9.97 Å². The number of nitrogens with zero attached hydrogens (tertiary/aromatic N) is 4. The van der Waals surface area contributed by atoms with Gasteiger partial charge in [0.1, 0.15) is 11.2 Å². The first-order valence-electron chi connectivity index (χ1n) is 19.2. The van der Waals surface area contributed by atoms with Crippen LogP contribution in [0.1, 0.15) is 0 Å². The van der Waals surface area contributed by atoms with Gasteiger partial charge >= 0.3 is 0 Å². The zero-order valence-electron chi connectivity index (χ0n) is 30.7. The Balaban J connectivity index is 1.11. The molecule has 12 aromatic rings. The molecule has 0 unspecified atom stereocenters. The summed E-state index contributed by atoms with van der Waals surface area (Å²) in [6.07, 6.45) is 0. The lowest BCUT2D eigenvalue weighted by Gasteiger charge is -2.11. The molecule has 4 aromatic heterocycles. The molecule has 8 aromatic carbocycles. The highest BCUT2D eigenvalue weighted by Gasteiger charge is 2.21. The smallest absolute Gasteiger partial charge is 0.161 e. The number of hydrogen-bond donors (Lipinski definition) is 0. The highest BCUT2D eigenvalue weighted by atomic mass is 16.3. The summed E-state index contributed by atoms with van der Waals surface area (Å²) in [7, 11) is 0. The van der Waals surface area contributed by atoms with E-state index in [0.717, 1.165) is 72.4 Å². The Morgan fingerprint density at radius 3 is 1.51 bits per heavy atom. The van der Waals surface area contributed by atoms with Gasteiger partial charge in [0.25, 0.3) is 0 Å². The van der Waals surface area contributed by atoms with E-state index in [-0.39, 0.29) is 0 Å². The lowest BCUT2D eigenvalue weighted by Crippen LogP contribution is -1.96. The zero-order chi connectivity index (χ0) is 37.5. The number of para-hydroxylation sites is 3. The van der Waals surface area contributed by atoms with Gasteiger partial charge in [0.05, 0.1) is 33.5 Å². The molecule has 0 spiro atoms. The summed E-state index contributed by atoms with van der Waals surface area (Å²) in [6, 6.07) is 68.3. The molecule has 5 nitrogen and oxygen atoms in total. The number of benzene rings is 8. The van der Waals surface area contributed by atoms with Crippen molar-refractivity contribution in [2.45, 2.75) is 0 Å². The fraction of sp³-hybridized carbons (Fsp3) is 0. The minimum absolute atomic E-state index is 0.656. The Bertz CT molecular complexity index is 3450. The van der Waals surface area contributed by atoms with Crippen LogP contribution in [0.25, 0.3) is 111 Å². The molecule has 0 fully saturated rings. The van der Waals surface area contributed by atoms with Crippen LogP contribution >= 0.6 is 0 Å². The lowest BCUT2D eigenvalue weighted by molar-refractivity contribution is 0.669. The predicted molar refractivity (Wildman–Crippen MR) is 234 cm³/mol. The lowest BCUT2D eigenvalue weighted by atomic mass is 10.0. The van der Waals surface area contributed by atoms with E-state index >= 15 is 0 Å². The quantitative estimate of drug-likeness (QED) is 0.177. The molecular formula is C52H32N4O. The molecule has 266 valence electrons. The molecule has 0 aliphatic heterocycles. The Hall–Kier alpha value is -7.76. The van der Waals surface area contributed by atoms with Crippen LogP contribution in [0.5, 0.6) is 0 Å². The van der Waals surface area contributed by atoms with E-state index in [9.17, 15) is 0 Å². The number of hydrogen-bond acceptors (Lipinski definition) is 3. The molecule has 0 N–H and O–H groups in total. The average molecular weight is 729 g/mol. The fourth-order valence-electron chi connectivity index (χ4n) is 8.79. The summed E-state index contributed by atoms with van der Waals surface area (Å²) in [4.78, 5) is 10.4. The standard InChI is InChI=1S/C52H32N4O/c1-4-15-33(16-5-1)43-32-44(34-17-6-2-7-18-34)54-52(53-43)39-23-14-26-50-51(39)42-29-36(27-28-49(42)57-50)56-46-25-13-11-22-38(46)41-30-47-40(31-48(41)56)37-21-10-12-24-45(37)55(47)35-19-8-3-9-20-35/h1-32H. The molecule has 0 saturated heterocycles. The van der Waals surface area contributed by atoms with Crippen molar-refractivity contribution in [2.24, 2.45) is 0 Å². The van der Waals surface area contributed by atoms with Crippen LogP contribution in [0.15, 0.2) is 199 Å². The Labute approximate surface area is 327 Å². The molecule has 57 heavy (non-hydrogen) atoms.